The minimum absolute atomic E-state index is 0.0718. The zero-order valence-corrected chi connectivity index (χ0v) is 6.71. The number of ketones is 1. The molecule has 1 atom stereocenters. The molecule has 0 aliphatic rings. The van der Waals surface area contributed by atoms with Crippen molar-refractivity contribution in [3.63, 3.8) is 0 Å². The second kappa shape index (κ2) is 3.98. The molecule has 0 amide bonds. The van der Waals surface area contributed by atoms with Crippen molar-refractivity contribution >= 4 is 34.8 Å². The van der Waals surface area contributed by atoms with Gasteiger partial charge in [0, 0.05) is 6.42 Å². The Kier molecular flexibility index (Phi) is 4.01. The molecule has 0 spiro atoms. The van der Waals surface area contributed by atoms with Crippen molar-refractivity contribution in [2.45, 2.75) is 19.4 Å². The van der Waals surface area contributed by atoms with Crippen LogP contribution in [0.3, 0.4) is 0 Å². The number of Topliss-reactive ketones (excluding diaryl/α,β-unsaturated/α-hetero) is 1. The summed E-state index contributed by atoms with van der Waals surface area (Å²) < 4.78 is 0.171. The average molecular weight is 164 g/mol. The fourth-order valence-electron chi connectivity index (χ4n) is 0.360. The summed E-state index contributed by atoms with van der Waals surface area (Å²) in [7, 11) is 0. The monoisotopic (exact) mass is 164 g/mol. The minimum Gasteiger partial charge on any atom is -0.387 e. The van der Waals surface area contributed by atoms with Crippen molar-refractivity contribution in [2.75, 3.05) is 0 Å². The van der Waals surface area contributed by atoms with Gasteiger partial charge in [0.05, 0.1) is 4.20 Å². The van der Waals surface area contributed by atoms with Crippen LogP contribution in [-0.4, -0.2) is 21.2 Å². The van der Waals surface area contributed by atoms with Crippen LogP contribution in [0.2, 0.25) is 0 Å². The molecule has 0 aliphatic carbocycles. The molecule has 0 radical (unpaired) electrons. The quantitative estimate of drug-likeness (QED) is 0.473. The van der Waals surface area contributed by atoms with Gasteiger partial charge in [-0.3, -0.25) is 4.79 Å². The Bertz CT molecular complexity index is 133. The lowest BCUT2D eigenvalue weighted by Gasteiger charge is -2.02. The maximum absolute atomic E-state index is 10.3. The first-order valence-corrected chi connectivity index (χ1v) is 3.30. The topological polar surface area (TPSA) is 37.3 Å². The first kappa shape index (κ1) is 9.07. The smallest absolute Gasteiger partial charge is 0.132 e. The number of aliphatic hydroxyl groups excluding tert-OH is 1. The third-order valence-electron chi connectivity index (χ3n) is 0.766. The van der Waals surface area contributed by atoms with E-state index in [-0.39, 0.29) is 16.4 Å². The molecular weight excluding hydrogens is 156 g/mol. The van der Waals surface area contributed by atoms with Crippen LogP contribution in [0.15, 0.2) is 0 Å². The maximum atomic E-state index is 10.3. The van der Waals surface area contributed by atoms with Gasteiger partial charge in [0.2, 0.25) is 0 Å². The molecule has 0 saturated heterocycles. The molecule has 0 rings (SSSR count). The van der Waals surface area contributed by atoms with Crippen LogP contribution in [0.25, 0.3) is 0 Å². The van der Waals surface area contributed by atoms with Crippen molar-refractivity contribution in [1.29, 1.82) is 0 Å². The third kappa shape index (κ3) is 4.57. The number of rotatable bonds is 3. The van der Waals surface area contributed by atoms with Gasteiger partial charge in [0.25, 0.3) is 0 Å². The zero-order valence-electron chi connectivity index (χ0n) is 5.00. The molecular formula is C5H8O2S2. The van der Waals surface area contributed by atoms with Gasteiger partial charge in [-0.05, 0) is 6.92 Å². The molecule has 52 valence electrons. The number of hydrogen-bond acceptors (Lipinski definition) is 3. The molecule has 0 fully saturated rings. The molecule has 1 N–H and O–H groups in total. The van der Waals surface area contributed by atoms with Crippen LogP contribution in [-0.2, 0) is 4.79 Å². The van der Waals surface area contributed by atoms with Crippen LogP contribution >= 0.6 is 24.8 Å². The lowest BCUT2D eigenvalue weighted by Crippen LogP contribution is -2.16. The summed E-state index contributed by atoms with van der Waals surface area (Å²) in [5, 5.41) is 8.86. The highest BCUT2D eigenvalue weighted by atomic mass is 32.1. The van der Waals surface area contributed by atoms with Crippen LogP contribution in [0.1, 0.15) is 13.3 Å². The first-order valence-electron chi connectivity index (χ1n) is 2.44. The molecule has 0 aliphatic heterocycles. The first-order chi connectivity index (χ1) is 4.04. The molecule has 9 heavy (non-hydrogen) atoms. The van der Waals surface area contributed by atoms with E-state index in [1.165, 1.54) is 6.92 Å². The van der Waals surface area contributed by atoms with E-state index in [1.807, 2.05) is 0 Å². The van der Waals surface area contributed by atoms with Gasteiger partial charge in [-0.1, -0.05) is 12.2 Å². The van der Waals surface area contributed by atoms with Crippen LogP contribution in [0.5, 0.6) is 0 Å². The van der Waals surface area contributed by atoms with Crippen LogP contribution < -0.4 is 0 Å². The minimum atomic E-state index is -0.860. The van der Waals surface area contributed by atoms with Crippen LogP contribution in [0.4, 0.5) is 0 Å². The van der Waals surface area contributed by atoms with Crippen LogP contribution in [0, 0.1) is 0 Å². The number of thiocarbonyl (C=S) groups is 1. The summed E-state index contributed by atoms with van der Waals surface area (Å²) in [5.41, 5.74) is 0. The molecule has 0 aromatic heterocycles. The van der Waals surface area contributed by atoms with Crippen molar-refractivity contribution in [3.05, 3.63) is 0 Å². The summed E-state index contributed by atoms with van der Waals surface area (Å²) >= 11 is 8.20. The highest BCUT2D eigenvalue weighted by Gasteiger charge is 2.08. The Hall–Kier alpha value is 0.0700. The number of aliphatic hydroxyl groups is 1. The fourth-order valence-corrected chi connectivity index (χ4v) is 0.534. The zero-order chi connectivity index (χ0) is 7.44. The largest absolute Gasteiger partial charge is 0.387 e. The van der Waals surface area contributed by atoms with Gasteiger partial charge in [-0.15, -0.1) is 12.6 Å². The average Bonchev–Trinajstić information content (AvgIpc) is 1.63. The third-order valence-corrected chi connectivity index (χ3v) is 1.34. The van der Waals surface area contributed by atoms with E-state index >= 15 is 0 Å². The number of thiol groups is 1. The van der Waals surface area contributed by atoms with E-state index < -0.39 is 6.10 Å². The second-order valence-corrected chi connectivity index (χ2v) is 2.98. The Morgan fingerprint density at radius 1 is 1.89 bits per heavy atom. The van der Waals surface area contributed by atoms with E-state index in [0.717, 1.165) is 0 Å². The van der Waals surface area contributed by atoms with E-state index in [1.54, 1.807) is 0 Å². The van der Waals surface area contributed by atoms with Crippen molar-refractivity contribution in [3.8, 4) is 0 Å². The molecule has 0 aromatic rings. The molecule has 2 nitrogen and oxygen atoms in total. The van der Waals surface area contributed by atoms with Gasteiger partial charge >= 0.3 is 0 Å². The predicted octanol–water partition coefficient (Wildman–Crippen LogP) is 0.584. The number of carbonyl (C=O) groups is 1. The van der Waals surface area contributed by atoms with Gasteiger partial charge in [0.1, 0.15) is 11.9 Å². The highest BCUT2D eigenvalue weighted by molar-refractivity contribution is 8.11. The van der Waals surface area contributed by atoms with Crippen molar-refractivity contribution < 1.29 is 9.90 Å². The Labute approximate surface area is 64.7 Å². The molecule has 0 bridgehead atoms. The van der Waals surface area contributed by atoms with Gasteiger partial charge in [-0.2, -0.15) is 0 Å². The maximum Gasteiger partial charge on any atom is 0.132 e. The van der Waals surface area contributed by atoms with E-state index in [9.17, 15) is 4.79 Å². The summed E-state index contributed by atoms with van der Waals surface area (Å²) in [5.74, 6) is -0.0844. The summed E-state index contributed by atoms with van der Waals surface area (Å²) in [6.07, 6.45) is -0.789. The Morgan fingerprint density at radius 2 is 2.33 bits per heavy atom. The predicted molar refractivity (Wildman–Crippen MR) is 42.9 cm³/mol. The Morgan fingerprint density at radius 3 is 2.44 bits per heavy atom. The summed E-state index contributed by atoms with van der Waals surface area (Å²) in [6.45, 7) is 1.40. The molecule has 4 heteroatoms. The number of carbonyl (C=O) groups excluding carboxylic acids is 1. The van der Waals surface area contributed by atoms with E-state index in [0.29, 0.717) is 0 Å². The lowest BCUT2D eigenvalue weighted by atomic mass is 10.2. The van der Waals surface area contributed by atoms with E-state index in [4.69, 9.17) is 5.11 Å². The molecule has 1 unspecified atom stereocenters. The van der Waals surface area contributed by atoms with E-state index in [2.05, 4.69) is 24.8 Å². The van der Waals surface area contributed by atoms with Crippen molar-refractivity contribution in [2.24, 2.45) is 0 Å². The van der Waals surface area contributed by atoms with Gasteiger partial charge in [-0.25, -0.2) is 0 Å². The highest BCUT2D eigenvalue weighted by Crippen LogP contribution is 1.98. The molecule has 0 heterocycles. The summed E-state index contributed by atoms with van der Waals surface area (Å²) in [6, 6.07) is 0. The number of hydrogen-bond donors (Lipinski definition) is 2. The molecule has 0 aromatic carbocycles. The normalized spacial score (nSPS) is 12.8. The van der Waals surface area contributed by atoms with Crippen molar-refractivity contribution in [1.82, 2.24) is 0 Å². The second-order valence-electron chi connectivity index (χ2n) is 1.76. The summed E-state index contributed by atoms with van der Waals surface area (Å²) in [4.78, 5) is 10.3. The van der Waals surface area contributed by atoms with Gasteiger partial charge in [0.15, 0.2) is 0 Å². The van der Waals surface area contributed by atoms with Gasteiger partial charge < -0.3 is 5.11 Å². The standard InChI is InChI=1S/C5H8O2S2/c1-3(6)2-4(7)5(8)9/h4,7H,2H2,1H3,(H,8,9). The lowest BCUT2D eigenvalue weighted by molar-refractivity contribution is -0.118. The fraction of sp³-hybridized carbons (Fsp3) is 0.600. The molecule has 0 saturated carbocycles. The Balaban J connectivity index is 3.63. The SMILES string of the molecule is CC(=O)CC(O)C(=S)S.